The van der Waals surface area contributed by atoms with Crippen molar-refractivity contribution >= 4 is 32.9 Å². The predicted octanol–water partition coefficient (Wildman–Crippen LogP) is 3.91. The van der Waals surface area contributed by atoms with Gasteiger partial charge in [-0.1, -0.05) is 12.1 Å². The van der Waals surface area contributed by atoms with E-state index in [1.54, 1.807) is 17.1 Å². The Morgan fingerprint density at radius 2 is 2.04 bits per heavy atom. The second-order valence-corrected chi connectivity index (χ2v) is 5.73. The Morgan fingerprint density at radius 3 is 2.83 bits per heavy atom. The highest BCUT2D eigenvalue weighted by atomic mass is 79.9. The lowest BCUT2D eigenvalue weighted by molar-refractivity contribution is 0.829. The molecule has 1 aromatic carbocycles. The number of hydrogen-bond acceptors (Lipinski definition) is 5. The van der Waals surface area contributed by atoms with E-state index in [1.165, 1.54) is 0 Å². The van der Waals surface area contributed by atoms with Crippen molar-refractivity contribution in [2.24, 2.45) is 0 Å². The molecular weight excluding hydrogens is 368 g/mol. The van der Waals surface area contributed by atoms with Crippen molar-refractivity contribution in [3.8, 4) is 17.1 Å². The quantitative estimate of drug-likeness (QED) is 0.545. The summed E-state index contributed by atoms with van der Waals surface area (Å²) < 4.78 is 4.58. The summed E-state index contributed by atoms with van der Waals surface area (Å²) in [5.74, 6) is 1.28. The van der Waals surface area contributed by atoms with Crippen LogP contribution in [0, 0.1) is 6.92 Å². The number of benzene rings is 1. The van der Waals surface area contributed by atoms with E-state index in [0.717, 1.165) is 27.9 Å². The number of anilines is 1. The molecule has 7 heteroatoms. The molecule has 0 amide bonds. The molecule has 0 aliphatic heterocycles. The largest absolute Gasteiger partial charge is 0.306 e. The zero-order valence-corrected chi connectivity index (χ0v) is 14.4. The van der Waals surface area contributed by atoms with Gasteiger partial charge < -0.3 is 4.34 Å². The molecule has 1 N–H and O–H groups in total. The Balaban J connectivity index is 1.92. The molecule has 0 aliphatic rings. The fraction of sp³-hybridized carbons (Fsp3) is 0.0588. The van der Waals surface area contributed by atoms with Crippen LogP contribution in [0.2, 0.25) is 0 Å². The van der Waals surface area contributed by atoms with Crippen LogP contribution in [0.5, 0.6) is 0 Å². The highest BCUT2D eigenvalue weighted by molar-refractivity contribution is 9.10. The molecule has 4 rings (SSSR count). The summed E-state index contributed by atoms with van der Waals surface area (Å²) in [6.45, 7) is 1.94. The molecule has 0 fully saturated rings. The number of fused-ring (bicyclic) bond motifs is 1. The van der Waals surface area contributed by atoms with Crippen molar-refractivity contribution in [3.05, 3.63) is 60.7 Å². The molecule has 0 atom stereocenters. The molecule has 0 spiro atoms. The van der Waals surface area contributed by atoms with Crippen molar-refractivity contribution in [1.29, 1.82) is 0 Å². The van der Waals surface area contributed by atoms with Crippen LogP contribution in [0.4, 0.5) is 5.82 Å². The summed E-state index contributed by atoms with van der Waals surface area (Å²) in [6.07, 6.45) is 5.34. The number of nitrogens with one attached hydrogen (secondary N) is 1. The van der Waals surface area contributed by atoms with E-state index in [4.69, 9.17) is 0 Å². The van der Waals surface area contributed by atoms with E-state index in [9.17, 15) is 0 Å². The van der Waals surface area contributed by atoms with Gasteiger partial charge in [-0.05, 0) is 31.2 Å². The van der Waals surface area contributed by atoms with E-state index >= 15 is 0 Å². The lowest BCUT2D eigenvalue weighted by atomic mass is 10.1. The first-order valence-electron chi connectivity index (χ1n) is 7.36. The maximum atomic E-state index is 4.60. The Labute approximate surface area is 146 Å². The number of aromatic nitrogens is 5. The summed E-state index contributed by atoms with van der Waals surface area (Å²) in [7, 11) is 0. The first kappa shape index (κ1) is 14.8. The van der Waals surface area contributed by atoms with Gasteiger partial charge >= 0.3 is 0 Å². The van der Waals surface area contributed by atoms with Crippen molar-refractivity contribution < 1.29 is 0 Å². The minimum atomic E-state index is 0.615. The summed E-state index contributed by atoms with van der Waals surface area (Å²) in [5, 5.41) is 5.52. The maximum absolute atomic E-state index is 4.60. The number of aryl methyl sites for hydroxylation is 1. The number of rotatable bonds is 3. The zero-order valence-electron chi connectivity index (χ0n) is 12.8. The molecule has 0 saturated heterocycles. The molecule has 24 heavy (non-hydrogen) atoms. The summed E-state index contributed by atoms with van der Waals surface area (Å²) >= 11 is 3.19. The third-order valence-corrected chi connectivity index (χ3v) is 4.07. The summed E-state index contributed by atoms with van der Waals surface area (Å²) in [5.41, 5.74) is 3.59. The standard InChI is InChI=1S/C17H13BrN6/c1-11-6-8-24(23-11)17-16(20-10-15(21-17)22-18)13-4-5-14-12(9-13)3-2-7-19-14/h2-10H,1H3,(H,21,22). The average Bonchev–Trinajstić information content (AvgIpc) is 3.07. The summed E-state index contributed by atoms with van der Waals surface area (Å²) in [6, 6.07) is 11.9. The highest BCUT2D eigenvalue weighted by Gasteiger charge is 2.13. The SMILES string of the molecule is Cc1ccn(-c2nc(NBr)cnc2-c2ccc3ncccc3c2)n1. The molecule has 3 aromatic heterocycles. The van der Waals surface area contributed by atoms with E-state index in [1.807, 2.05) is 43.5 Å². The molecule has 4 aromatic rings. The number of hydrogen-bond donors (Lipinski definition) is 1. The molecule has 0 aliphatic carbocycles. The number of halogens is 1. The molecule has 3 heterocycles. The van der Waals surface area contributed by atoms with Gasteiger partial charge in [-0.3, -0.25) is 4.98 Å². The normalized spacial score (nSPS) is 10.9. The van der Waals surface area contributed by atoms with Crippen molar-refractivity contribution in [1.82, 2.24) is 24.7 Å². The van der Waals surface area contributed by atoms with Crippen LogP contribution in [0.25, 0.3) is 28.0 Å². The van der Waals surface area contributed by atoms with Crippen LogP contribution in [0.1, 0.15) is 5.69 Å². The molecule has 0 saturated carbocycles. The Morgan fingerprint density at radius 1 is 1.12 bits per heavy atom. The van der Waals surface area contributed by atoms with Crippen LogP contribution in [-0.4, -0.2) is 24.7 Å². The van der Waals surface area contributed by atoms with Gasteiger partial charge in [0.15, 0.2) is 11.6 Å². The van der Waals surface area contributed by atoms with Crippen LogP contribution < -0.4 is 4.34 Å². The first-order chi connectivity index (χ1) is 11.7. The van der Waals surface area contributed by atoms with Crippen LogP contribution in [-0.2, 0) is 0 Å². The third kappa shape index (κ3) is 2.63. The van der Waals surface area contributed by atoms with Crippen LogP contribution >= 0.6 is 16.1 Å². The Kier molecular flexibility index (Phi) is 3.70. The van der Waals surface area contributed by atoms with Gasteiger partial charge in [0.1, 0.15) is 5.69 Å². The van der Waals surface area contributed by atoms with Crippen molar-refractivity contribution in [3.63, 3.8) is 0 Å². The van der Waals surface area contributed by atoms with E-state index in [-0.39, 0.29) is 0 Å². The van der Waals surface area contributed by atoms with Gasteiger partial charge in [0.05, 0.1) is 17.4 Å². The van der Waals surface area contributed by atoms with Crippen molar-refractivity contribution in [2.75, 3.05) is 4.34 Å². The molecular formula is C17H13BrN6. The summed E-state index contributed by atoms with van der Waals surface area (Å²) in [4.78, 5) is 13.5. The topological polar surface area (TPSA) is 68.5 Å². The number of pyridine rings is 1. The second kappa shape index (κ2) is 6.01. The fourth-order valence-corrected chi connectivity index (χ4v) is 2.74. The molecule has 0 bridgehead atoms. The monoisotopic (exact) mass is 380 g/mol. The lowest BCUT2D eigenvalue weighted by Crippen LogP contribution is -2.05. The van der Waals surface area contributed by atoms with Gasteiger partial charge in [0, 0.05) is 39.5 Å². The van der Waals surface area contributed by atoms with Gasteiger partial charge in [-0.25, -0.2) is 14.6 Å². The molecule has 0 radical (unpaired) electrons. The first-order valence-corrected chi connectivity index (χ1v) is 8.15. The van der Waals surface area contributed by atoms with Crippen LogP contribution in [0.3, 0.4) is 0 Å². The van der Waals surface area contributed by atoms with Crippen LogP contribution in [0.15, 0.2) is 55.0 Å². The smallest absolute Gasteiger partial charge is 0.182 e. The fourth-order valence-electron chi connectivity index (χ4n) is 2.54. The highest BCUT2D eigenvalue weighted by Crippen LogP contribution is 2.27. The minimum absolute atomic E-state index is 0.615. The van der Waals surface area contributed by atoms with E-state index < -0.39 is 0 Å². The zero-order chi connectivity index (χ0) is 16.5. The molecule has 6 nitrogen and oxygen atoms in total. The Hall–Kier alpha value is -2.80. The lowest BCUT2D eigenvalue weighted by Gasteiger charge is -2.10. The second-order valence-electron chi connectivity index (χ2n) is 5.33. The van der Waals surface area contributed by atoms with Crippen molar-refractivity contribution in [2.45, 2.75) is 6.92 Å². The maximum Gasteiger partial charge on any atom is 0.182 e. The van der Waals surface area contributed by atoms with Gasteiger partial charge in [0.25, 0.3) is 0 Å². The number of nitrogens with zero attached hydrogens (tertiary/aromatic N) is 5. The third-order valence-electron chi connectivity index (χ3n) is 3.67. The van der Waals surface area contributed by atoms with E-state index in [2.05, 4.69) is 46.6 Å². The van der Waals surface area contributed by atoms with E-state index in [0.29, 0.717) is 11.6 Å². The van der Waals surface area contributed by atoms with Gasteiger partial charge in [-0.15, -0.1) is 0 Å². The molecule has 0 unspecified atom stereocenters. The average molecular weight is 381 g/mol. The van der Waals surface area contributed by atoms with Gasteiger partial charge in [0.2, 0.25) is 0 Å². The van der Waals surface area contributed by atoms with Gasteiger partial charge in [-0.2, -0.15) is 5.10 Å². The minimum Gasteiger partial charge on any atom is -0.306 e. The predicted molar refractivity (Wildman–Crippen MR) is 97.2 cm³/mol. The Bertz CT molecular complexity index is 1030. The molecule has 118 valence electrons.